The van der Waals surface area contributed by atoms with E-state index in [4.69, 9.17) is 10.8 Å². The summed E-state index contributed by atoms with van der Waals surface area (Å²) in [6.45, 7) is 9.50. The summed E-state index contributed by atoms with van der Waals surface area (Å²) in [6, 6.07) is 0. The van der Waals surface area contributed by atoms with Crippen molar-refractivity contribution in [3.05, 3.63) is 0 Å². The van der Waals surface area contributed by atoms with E-state index in [1.807, 2.05) is 0 Å². The number of nitrogens with two attached hydrogens (primary N) is 1. The Hall–Kier alpha value is -0.120. The molecular formula is C10H24N2O. The topological polar surface area (TPSA) is 49.5 Å². The maximum absolute atomic E-state index is 8.67. The average molecular weight is 188 g/mol. The van der Waals surface area contributed by atoms with E-state index in [0.29, 0.717) is 13.2 Å². The Bertz CT molecular complexity index is 126. The highest BCUT2D eigenvalue weighted by Gasteiger charge is 2.22. The second-order valence-electron chi connectivity index (χ2n) is 4.03. The number of unbranched alkanes of at least 4 members (excludes halogenated alkanes) is 1. The third-order valence-corrected chi connectivity index (χ3v) is 2.57. The van der Waals surface area contributed by atoms with Crippen LogP contribution in [0.4, 0.5) is 0 Å². The van der Waals surface area contributed by atoms with Crippen molar-refractivity contribution in [2.75, 3.05) is 26.2 Å². The van der Waals surface area contributed by atoms with E-state index in [1.54, 1.807) is 0 Å². The van der Waals surface area contributed by atoms with Crippen LogP contribution in [0, 0.1) is 0 Å². The van der Waals surface area contributed by atoms with Gasteiger partial charge in [0.25, 0.3) is 0 Å². The predicted octanol–water partition coefficient (Wildman–Crippen LogP) is 0.818. The van der Waals surface area contributed by atoms with Crippen molar-refractivity contribution in [1.82, 2.24) is 4.90 Å². The summed E-state index contributed by atoms with van der Waals surface area (Å²) in [5, 5.41) is 8.67. The highest BCUT2D eigenvalue weighted by Crippen LogP contribution is 2.12. The van der Waals surface area contributed by atoms with E-state index in [9.17, 15) is 0 Å². The number of hydrogen-bond donors (Lipinski definition) is 2. The van der Waals surface area contributed by atoms with Crippen LogP contribution in [-0.4, -0.2) is 41.8 Å². The largest absolute Gasteiger partial charge is 0.396 e. The van der Waals surface area contributed by atoms with Gasteiger partial charge in [-0.15, -0.1) is 0 Å². The third kappa shape index (κ3) is 4.60. The number of likely N-dealkylation sites (N-methyl/N-ethyl adjacent to an activating group) is 1. The summed E-state index contributed by atoms with van der Waals surface area (Å²) in [7, 11) is 0. The zero-order chi connectivity index (χ0) is 10.3. The van der Waals surface area contributed by atoms with Gasteiger partial charge in [-0.25, -0.2) is 0 Å². The van der Waals surface area contributed by atoms with Gasteiger partial charge in [0.05, 0.1) is 0 Å². The van der Waals surface area contributed by atoms with Gasteiger partial charge < -0.3 is 10.8 Å². The number of aliphatic hydroxyl groups is 1. The Kier molecular flexibility index (Phi) is 6.29. The van der Waals surface area contributed by atoms with Gasteiger partial charge in [0.2, 0.25) is 0 Å². The smallest absolute Gasteiger partial charge is 0.0431 e. The van der Waals surface area contributed by atoms with E-state index >= 15 is 0 Å². The molecule has 0 spiro atoms. The highest BCUT2D eigenvalue weighted by molar-refractivity contribution is 4.81. The van der Waals surface area contributed by atoms with Crippen LogP contribution in [0.3, 0.4) is 0 Å². The second-order valence-corrected chi connectivity index (χ2v) is 4.03. The normalized spacial score (nSPS) is 12.5. The van der Waals surface area contributed by atoms with Gasteiger partial charge in [0, 0.05) is 18.7 Å². The first-order chi connectivity index (χ1) is 6.08. The van der Waals surface area contributed by atoms with Crippen LogP contribution >= 0.6 is 0 Å². The third-order valence-electron chi connectivity index (χ3n) is 2.57. The summed E-state index contributed by atoms with van der Waals surface area (Å²) in [6.07, 6.45) is 1.94. The molecule has 0 saturated heterocycles. The second kappa shape index (κ2) is 6.35. The number of hydrogen-bond acceptors (Lipinski definition) is 3. The molecule has 3 nitrogen and oxygen atoms in total. The lowest BCUT2D eigenvalue weighted by molar-refractivity contribution is 0.128. The Balaban J connectivity index is 3.87. The van der Waals surface area contributed by atoms with E-state index < -0.39 is 0 Å². The van der Waals surface area contributed by atoms with Crippen LogP contribution in [0.1, 0.15) is 33.6 Å². The van der Waals surface area contributed by atoms with Crippen LogP contribution in [0.15, 0.2) is 0 Å². The Morgan fingerprint density at radius 3 is 2.31 bits per heavy atom. The average Bonchev–Trinajstić information content (AvgIpc) is 2.12. The summed E-state index contributed by atoms with van der Waals surface area (Å²) >= 11 is 0. The van der Waals surface area contributed by atoms with E-state index in [-0.39, 0.29) is 5.54 Å². The fourth-order valence-electron chi connectivity index (χ4n) is 1.43. The van der Waals surface area contributed by atoms with Crippen molar-refractivity contribution in [1.29, 1.82) is 0 Å². The van der Waals surface area contributed by atoms with Gasteiger partial charge in [0.1, 0.15) is 0 Å². The molecule has 0 aliphatic rings. The first-order valence-electron chi connectivity index (χ1n) is 5.14. The molecule has 3 heteroatoms. The molecule has 0 rings (SSSR count). The molecule has 80 valence electrons. The lowest BCUT2D eigenvalue weighted by atomic mass is 10.0. The van der Waals surface area contributed by atoms with Gasteiger partial charge >= 0.3 is 0 Å². The maximum Gasteiger partial charge on any atom is 0.0431 e. The van der Waals surface area contributed by atoms with Gasteiger partial charge in [-0.05, 0) is 39.8 Å². The van der Waals surface area contributed by atoms with Gasteiger partial charge in [-0.2, -0.15) is 0 Å². The molecule has 0 aromatic heterocycles. The van der Waals surface area contributed by atoms with Crippen LogP contribution < -0.4 is 5.73 Å². The molecule has 0 amide bonds. The molecule has 0 heterocycles. The van der Waals surface area contributed by atoms with Crippen LogP contribution in [0.2, 0.25) is 0 Å². The molecule has 0 fully saturated rings. The molecule has 13 heavy (non-hydrogen) atoms. The number of rotatable bonds is 7. The van der Waals surface area contributed by atoms with Crippen molar-refractivity contribution < 1.29 is 5.11 Å². The molecule has 0 aromatic carbocycles. The Morgan fingerprint density at radius 2 is 1.92 bits per heavy atom. The van der Waals surface area contributed by atoms with Crippen LogP contribution in [0.5, 0.6) is 0 Å². The minimum Gasteiger partial charge on any atom is -0.396 e. The lowest BCUT2D eigenvalue weighted by Gasteiger charge is -2.37. The van der Waals surface area contributed by atoms with E-state index in [1.165, 1.54) is 0 Å². The summed E-state index contributed by atoms with van der Waals surface area (Å²) in [5.41, 5.74) is 5.78. The first-order valence-corrected chi connectivity index (χ1v) is 5.14. The number of aliphatic hydroxyl groups excluding tert-OH is 1. The van der Waals surface area contributed by atoms with Crippen LogP contribution in [-0.2, 0) is 0 Å². The molecule has 0 atom stereocenters. The number of nitrogens with zero attached hydrogens (tertiary/aromatic N) is 1. The molecule has 0 aliphatic heterocycles. The summed E-state index contributed by atoms with van der Waals surface area (Å²) in [5.74, 6) is 0. The van der Waals surface area contributed by atoms with Gasteiger partial charge in [0.15, 0.2) is 0 Å². The molecular weight excluding hydrogens is 164 g/mol. The first kappa shape index (κ1) is 12.9. The van der Waals surface area contributed by atoms with Gasteiger partial charge in [-0.3, -0.25) is 4.90 Å². The van der Waals surface area contributed by atoms with Crippen molar-refractivity contribution >= 4 is 0 Å². The van der Waals surface area contributed by atoms with E-state index in [0.717, 1.165) is 25.9 Å². The molecule has 0 radical (unpaired) electrons. The monoisotopic (exact) mass is 188 g/mol. The maximum atomic E-state index is 8.67. The summed E-state index contributed by atoms with van der Waals surface area (Å²) < 4.78 is 0. The minimum absolute atomic E-state index is 0.0875. The Morgan fingerprint density at radius 1 is 1.31 bits per heavy atom. The minimum atomic E-state index is 0.0875. The predicted molar refractivity (Wildman–Crippen MR) is 56.7 cm³/mol. The van der Waals surface area contributed by atoms with Crippen molar-refractivity contribution in [3.63, 3.8) is 0 Å². The van der Waals surface area contributed by atoms with Crippen molar-refractivity contribution in [2.45, 2.75) is 39.2 Å². The summed E-state index contributed by atoms with van der Waals surface area (Å²) in [4.78, 5) is 2.36. The zero-order valence-electron chi connectivity index (χ0n) is 9.21. The quantitative estimate of drug-likeness (QED) is 0.582. The lowest BCUT2D eigenvalue weighted by Crippen LogP contribution is -2.49. The standard InChI is InChI=1S/C10H24N2O/c1-4-12(7-5-6-8-13)10(2,3)9-11/h13H,4-9,11H2,1-3H3. The highest BCUT2D eigenvalue weighted by atomic mass is 16.2. The fraction of sp³-hybridized carbons (Fsp3) is 1.00. The fourth-order valence-corrected chi connectivity index (χ4v) is 1.43. The molecule has 0 saturated carbocycles. The van der Waals surface area contributed by atoms with Crippen LogP contribution in [0.25, 0.3) is 0 Å². The molecule has 0 aliphatic carbocycles. The van der Waals surface area contributed by atoms with E-state index in [2.05, 4.69) is 25.7 Å². The zero-order valence-corrected chi connectivity index (χ0v) is 9.21. The van der Waals surface area contributed by atoms with Gasteiger partial charge in [-0.1, -0.05) is 6.92 Å². The Labute approximate surface area is 81.9 Å². The SMILES string of the molecule is CCN(CCCCO)C(C)(C)CN. The molecule has 0 aromatic rings. The molecule has 0 unspecified atom stereocenters. The van der Waals surface area contributed by atoms with Crippen molar-refractivity contribution in [2.24, 2.45) is 5.73 Å². The van der Waals surface area contributed by atoms with Crippen molar-refractivity contribution in [3.8, 4) is 0 Å². The molecule has 3 N–H and O–H groups in total. The molecule has 0 bridgehead atoms.